The van der Waals surface area contributed by atoms with Crippen LogP contribution in [0.25, 0.3) is 0 Å². The molecule has 0 fully saturated rings. The summed E-state index contributed by atoms with van der Waals surface area (Å²) in [5.74, 6) is 0.500. The van der Waals surface area contributed by atoms with Crippen molar-refractivity contribution in [1.29, 1.82) is 0 Å². The molecule has 92 valence electrons. The molecule has 0 aliphatic carbocycles. The molecule has 0 bridgehead atoms. The lowest BCUT2D eigenvalue weighted by atomic mass is 10.0. The minimum Gasteiger partial charge on any atom is -0.394 e. The van der Waals surface area contributed by atoms with Crippen molar-refractivity contribution in [3.63, 3.8) is 0 Å². The van der Waals surface area contributed by atoms with Gasteiger partial charge in [0.15, 0.2) is 0 Å². The van der Waals surface area contributed by atoms with Gasteiger partial charge in [-0.2, -0.15) is 0 Å². The van der Waals surface area contributed by atoms with Gasteiger partial charge in [-0.15, -0.1) is 0 Å². The molecule has 2 N–H and O–H groups in total. The summed E-state index contributed by atoms with van der Waals surface area (Å²) in [6, 6.07) is 0. The predicted octanol–water partition coefficient (Wildman–Crippen LogP) is 0.811. The van der Waals surface area contributed by atoms with E-state index in [1.165, 1.54) is 0 Å². The first kappa shape index (κ1) is 14.8. The standard InChI is InChI=1S/C11H24O4/c1-2-3-11(10-15-9-6-13)4-7-14-8-5-12/h11-13H,2-10H2,1H3. The van der Waals surface area contributed by atoms with Crippen molar-refractivity contribution in [2.75, 3.05) is 39.6 Å². The van der Waals surface area contributed by atoms with Gasteiger partial charge < -0.3 is 19.7 Å². The number of ether oxygens (including phenoxy) is 2. The van der Waals surface area contributed by atoms with Gasteiger partial charge in [0, 0.05) is 13.2 Å². The average Bonchev–Trinajstić information content (AvgIpc) is 2.24. The Kier molecular flexibility index (Phi) is 11.8. The maximum Gasteiger partial charge on any atom is 0.0697 e. The van der Waals surface area contributed by atoms with E-state index in [-0.39, 0.29) is 13.2 Å². The molecule has 0 aliphatic heterocycles. The molecule has 0 saturated carbocycles. The lowest BCUT2D eigenvalue weighted by Gasteiger charge is -2.15. The fourth-order valence-electron chi connectivity index (χ4n) is 1.45. The van der Waals surface area contributed by atoms with Crippen LogP contribution in [0, 0.1) is 5.92 Å². The lowest BCUT2D eigenvalue weighted by Crippen LogP contribution is -2.14. The van der Waals surface area contributed by atoms with Crippen LogP contribution in [-0.2, 0) is 9.47 Å². The number of hydrogen-bond donors (Lipinski definition) is 2. The van der Waals surface area contributed by atoms with Gasteiger partial charge in [0.1, 0.15) is 0 Å². The fourth-order valence-corrected chi connectivity index (χ4v) is 1.45. The van der Waals surface area contributed by atoms with Crippen molar-refractivity contribution < 1.29 is 19.7 Å². The molecule has 1 unspecified atom stereocenters. The van der Waals surface area contributed by atoms with Crippen molar-refractivity contribution in [2.45, 2.75) is 26.2 Å². The molecule has 0 aromatic rings. The Labute approximate surface area is 92.2 Å². The Morgan fingerprint density at radius 1 is 0.933 bits per heavy atom. The molecular weight excluding hydrogens is 196 g/mol. The van der Waals surface area contributed by atoms with Crippen LogP contribution < -0.4 is 0 Å². The zero-order valence-electron chi connectivity index (χ0n) is 9.65. The third-order valence-corrected chi connectivity index (χ3v) is 2.19. The van der Waals surface area contributed by atoms with Gasteiger partial charge in [-0.05, 0) is 18.8 Å². The first-order valence-electron chi connectivity index (χ1n) is 5.72. The topological polar surface area (TPSA) is 58.9 Å². The first-order valence-corrected chi connectivity index (χ1v) is 5.72. The van der Waals surface area contributed by atoms with Crippen LogP contribution in [-0.4, -0.2) is 49.9 Å². The van der Waals surface area contributed by atoms with Gasteiger partial charge >= 0.3 is 0 Å². The number of rotatable bonds is 11. The van der Waals surface area contributed by atoms with Gasteiger partial charge in [-0.1, -0.05) is 13.3 Å². The van der Waals surface area contributed by atoms with Crippen LogP contribution in [0.2, 0.25) is 0 Å². The molecule has 4 heteroatoms. The zero-order chi connectivity index (χ0) is 11.4. The Bertz CT molecular complexity index is 119. The summed E-state index contributed by atoms with van der Waals surface area (Å²) in [7, 11) is 0. The largest absolute Gasteiger partial charge is 0.394 e. The van der Waals surface area contributed by atoms with E-state index >= 15 is 0 Å². The maximum atomic E-state index is 8.58. The Morgan fingerprint density at radius 3 is 2.20 bits per heavy atom. The molecule has 4 nitrogen and oxygen atoms in total. The van der Waals surface area contributed by atoms with Crippen LogP contribution in [0.1, 0.15) is 26.2 Å². The summed E-state index contributed by atoms with van der Waals surface area (Å²) in [5.41, 5.74) is 0. The second-order valence-corrected chi connectivity index (χ2v) is 3.58. The SMILES string of the molecule is CCCC(CCOCCO)COCCO. The van der Waals surface area contributed by atoms with Crippen LogP contribution in [0.5, 0.6) is 0 Å². The second kappa shape index (κ2) is 11.9. The molecule has 0 saturated heterocycles. The van der Waals surface area contributed by atoms with E-state index < -0.39 is 0 Å². The first-order chi connectivity index (χ1) is 7.35. The van der Waals surface area contributed by atoms with Crippen molar-refractivity contribution in [2.24, 2.45) is 5.92 Å². The van der Waals surface area contributed by atoms with E-state index in [9.17, 15) is 0 Å². The minimum atomic E-state index is 0.0828. The maximum absolute atomic E-state index is 8.58. The van der Waals surface area contributed by atoms with E-state index in [1.54, 1.807) is 0 Å². The average molecular weight is 220 g/mol. The molecule has 0 spiro atoms. The van der Waals surface area contributed by atoms with Crippen LogP contribution in [0.4, 0.5) is 0 Å². The molecule has 15 heavy (non-hydrogen) atoms. The highest BCUT2D eigenvalue weighted by atomic mass is 16.5. The molecule has 0 aromatic heterocycles. The number of aliphatic hydroxyl groups is 2. The highest BCUT2D eigenvalue weighted by Crippen LogP contribution is 2.11. The summed E-state index contributed by atoms with van der Waals surface area (Å²) in [6.45, 7) is 4.51. The molecule has 0 aliphatic rings. The van der Waals surface area contributed by atoms with Crippen molar-refractivity contribution in [3.05, 3.63) is 0 Å². The molecule has 0 amide bonds. The van der Waals surface area contributed by atoms with Gasteiger partial charge in [-0.3, -0.25) is 0 Å². The van der Waals surface area contributed by atoms with Crippen molar-refractivity contribution >= 4 is 0 Å². The summed E-state index contributed by atoms with van der Waals surface area (Å²) < 4.78 is 10.5. The van der Waals surface area contributed by atoms with Crippen LogP contribution in [0.3, 0.4) is 0 Å². The van der Waals surface area contributed by atoms with Gasteiger partial charge in [0.2, 0.25) is 0 Å². The smallest absolute Gasteiger partial charge is 0.0697 e. The summed E-state index contributed by atoms with van der Waals surface area (Å²) >= 11 is 0. The highest BCUT2D eigenvalue weighted by Gasteiger charge is 2.07. The normalized spacial score (nSPS) is 13.0. The summed E-state index contributed by atoms with van der Waals surface area (Å²) in [5, 5.41) is 17.1. The molecule has 0 radical (unpaired) electrons. The third kappa shape index (κ3) is 10.1. The molecule has 0 rings (SSSR count). The highest BCUT2D eigenvalue weighted by molar-refractivity contribution is 4.57. The van der Waals surface area contributed by atoms with Gasteiger partial charge in [0.25, 0.3) is 0 Å². The van der Waals surface area contributed by atoms with Crippen LogP contribution in [0.15, 0.2) is 0 Å². The van der Waals surface area contributed by atoms with Gasteiger partial charge in [-0.25, -0.2) is 0 Å². The van der Waals surface area contributed by atoms with Gasteiger partial charge in [0.05, 0.1) is 26.4 Å². The quantitative estimate of drug-likeness (QED) is 0.506. The summed E-state index contributed by atoms with van der Waals surface area (Å²) in [4.78, 5) is 0. The molecule has 0 heterocycles. The van der Waals surface area contributed by atoms with E-state index in [4.69, 9.17) is 19.7 Å². The van der Waals surface area contributed by atoms with E-state index in [2.05, 4.69) is 6.92 Å². The van der Waals surface area contributed by atoms with E-state index in [0.717, 1.165) is 19.3 Å². The predicted molar refractivity (Wildman–Crippen MR) is 58.8 cm³/mol. The Hall–Kier alpha value is -0.160. The Balaban J connectivity index is 3.44. The second-order valence-electron chi connectivity index (χ2n) is 3.58. The molecule has 1 atom stereocenters. The van der Waals surface area contributed by atoms with E-state index in [0.29, 0.717) is 32.3 Å². The zero-order valence-corrected chi connectivity index (χ0v) is 9.65. The van der Waals surface area contributed by atoms with Crippen molar-refractivity contribution in [1.82, 2.24) is 0 Å². The van der Waals surface area contributed by atoms with Crippen LogP contribution >= 0.6 is 0 Å². The Morgan fingerprint density at radius 2 is 1.60 bits per heavy atom. The fraction of sp³-hybridized carbons (Fsp3) is 1.00. The van der Waals surface area contributed by atoms with E-state index in [1.807, 2.05) is 0 Å². The molecular formula is C11H24O4. The summed E-state index contributed by atoms with van der Waals surface area (Å²) in [6.07, 6.45) is 3.21. The lowest BCUT2D eigenvalue weighted by molar-refractivity contribution is 0.0422. The van der Waals surface area contributed by atoms with Crippen molar-refractivity contribution in [3.8, 4) is 0 Å². The minimum absolute atomic E-state index is 0.0828. The number of aliphatic hydroxyl groups excluding tert-OH is 2. The number of hydrogen-bond acceptors (Lipinski definition) is 4. The third-order valence-electron chi connectivity index (χ3n) is 2.19. The monoisotopic (exact) mass is 220 g/mol. The molecule has 0 aromatic carbocycles.